The molecule has 0 radical (unpaired) electrons. The van der Waals surface area contributed by atoms with Crippen LogP contribution in [0.5, 0.6) is 0 Å². The summed E-state index contributed by atoms with van der Waals surface area (Å²) in [4.78, 5) is 0. The average molecular weight is 201 g/mol. The van der Waals surface area contributed by atoms with E-state index in [-0.39, 0.29) is 0 Å². The Balaban J connectivity index is 1.90. The number of hydrogen-bond acceptors (Lipinski definition) is 1. The van der Waals surface area contributed by atoms with Crippen LogP contribution in [-0.2, 0) is 6.42 Å². The Morgan fingerprint density at radius 3 is 2.93 bits per heavy atom. The molecule has 0 aromatic heterocycles. The molecule has 1 aliphatic carbocycles. The van der Waals surface area contributed by atoms with Gasteiger partial charge in [0.1, 0.15) is 0 Å². The molecule has 0 saturated heterocycles. The van der Waals surface area contributed by atoms with Gasteiger partial charge in [-0.1, -0.05) is 50.1 Å². The van der Waals surface area contributed by atoms with E-state index in [1.54, 1.807) is 0 Å². The maximum Gasteiger partial charge on any atom is 0.0379 e. The topological polar surface area (TPSA) is 12.0 Å². The lowest BCUT2D eigenvalue weighted by Gasteiger charge is -2.08. The van der Waals surface area contributed by atoms with E-state index in [0.29, 0.717) is 0 Å². The van der Waals surface area contributed by atoms with Crippen molar-refractivity contribution in [2.45, 2.75) is 32.6 Å². The summed E-state index contributed by atoms with van der Waals surface area (Å²) in [5.41, 5.74) is 4.19. The molecule has 0 aliphatic heterocycles. The Morgan fingerprint density at radius 2 is 2.07 bits per heavy atom. The minimum Gasteiger partial charge on any atom is -0.385 e. The van der Waals surface area contributed by atoms with Crippen molar-refractivity contribution < 1.29 is 0 Å². The summed E-state index contributed by atoms with van der Waals surface area (Å²) >= 11 is 0. The third kappa shape index (κ3) is 2.41. The van der Waals surface area contributed by atoms with Crippen LogP contribution >= 0.6 is 0 Å². The van der Waals surface area contributed by atoms with Gasteiger partial charge in [-0.3, -0.25) is 0 Å². The molecule has 0 unspecified atom stereocenters. The van der Waals surface area contributed by atoms with E-state index in [1.807, 2.05) is 0 Å². The smallest absolute Gasteiger partial charge is 0.0379 e. The maximum absolute atomic E-state index is 3.53. The summed E-state index contributed by atoms with van der Waals surface area (Å²) in [6.45, 7) is 3.35. The first-order valence-electron chi connectivity index (χ1n) is 5.94. The highest BCUT2D eigenvalue weighted by Gasteiger charge is 2.11. The summed E-state index contributed by atoms with van der Waals surface area (Å²) in [5, 5.41) is 3.53. The molecule has 1 nitrogen and oxygen atoms in total. The monoisotopic (exact) mass is 201 g/mol. The highest BCUT2D eigenvalue weighted by molar-refractivity contribution is 5.71. The van der Waals surface area contributed by atoms with Crippen LogP contribution in [0.4, 0.5) is 0 Å². The molecule has 0 fully saturated rings. The van der Waals surface area contributed by atoms with Crippen molar-refractivity contribution in [2.75, 3.05) is 6.54 Å². The van der Waals surface area contributed by atoms with E-state index < -0.39 is 0 Å². The molecular weight excluding hydrogens is 182 g/mol. The summed E-state index contributed by atoms with van der Waals surface area (Å²) < 4.78 is 0. The van der Waals surface area contributed by atoms with E-state index in [4.69, 9.17) is 0 Å². The van der Waals surface area contributed by atoms with Crippen LogP contribution in [0.15, 0.2) is 30.3 Å². The molecule has 0 saturated carbocycles. The van der Waals surface area contributed by atoms with Crippen molar-refractivity contribution in [3.05, 3.63) is 41.5 Å². The van der Waals surface area contributed by atoms with Crippen LogP contribution in [0, 0.1) is 0 Å². The molecule has 0 bridgehead atoms. The van der Waals surface area contributed by atoms with Gasteiger partial charge in [-0.05, 0) is 18.4 Å². The molecule has 0 heterocycles. The first kappa shape index (κ1) is 10.3. The van der Waals surface area contributed by atoms with E-state index in [2.05, 4.69) is 42.6 Å². The summed E-state index contributed by atoms with van der Waals surface area (Å²) in [6.07, 6.45) is 7.28. The largest absolute Gasteiger partial charge is 0.385 e. The second kappa shape index (κ2) is 5.01. The number of hydrogen-bond donors (Lipinski definition) is 1. The zero-order chi connectivity index (χ0) is 10.5. The third-order valence-electron chi connectivity index (χ3n) is 2.93. The van der Waals surface area contributed by atoms with Crippen molar-refractivity contribution >= 4 is 5.70 Å². The van der Waals surface area contributed by atoms with Crippen LogP contribution in [0.3, 0.4) is 0 Å². The average Bonchev–Trinajstić information content (AvgIpc) is 2.68. The van der Waals surface area contributed by atoms with Gasteiger partial charge in [0.05, 0.1) is 0 Å². The molecule has 0 amide bonds. The molecule has 1 aromatic carbocycles. The lowest BCUT2D eigenvalue weighted by Crippen LogP contribution is -2.12. The second-order valence-corrected chi connectivity index (χ2v) is 4.11. The Bertz CT molecular complexity index is 352. The Morgan fingerprint density at radius 1 is 1.20 bits per heavy atom. The fourth-order valence-electron chi connectivity index (χ4n) is 2.05. The molecular formula is C14H19N. The van der Waals surface area contributed by atoms with Gasteiger partial charge in [0.2, 0.25) is 0 Å². The fourth-order valence-corrected chi connectivity index (χ4v) is 2.05. The van der Waals surface area contributed by atoms with Crippen LogP contribution < -0.4 is 5.32 Å². The van der Waals surface area contributed by atoms with Crippen LogP contribution in [0.25, 0.3) is 5.70 Å². The molecule has 80 valence electrons. The first-order chi connectivity index (χ1) is 7.42. The predicted octanol–water partition coefficient (Wildman–Crippen LogP) is 3.36. The van der Waals surface area contributed by atoms with Crippen LogP contribution in [-0.4, -0.2) is 6.54 Å². The van der Waals surface area contributed by atoms with Crippen LogP contribution in [0.1, 0.15) is 37.3 Å². The second-order valence-electron chi connectivity index (χ2n) is 4.11. The van der Waals surface area contributed by atoms with Gasteiger partial charge in [0, 0.05) is 17.8 Å². The quantitative estimate of drug-likeness (QED) is 0.720. The number of nitrogens with one attached hydrogen (secondary N) is 1. The highest BCUT2D eigenvalue weighted by atomic mass is 14.9. The number of benzene rings is 1. The molecule has 0 atom stereocenters. The molecule has 15 heavy (non-hydrogen) atoms. The zero-order valence-corrected chi connectivity index (χ0v) is 9.42. The van der Waals surface area contributed by atoms with E-state index >= 15 is 0 Å². The minimum atomic E-state index is 1.09. The van der Waals surface area contributed by atoms with Crippen molar-refractivity contribution in [3.8, 4) is 0 Å². The Labute approximate surface area is 92.2 Å². The lowest BCUT2D eigenvalue weighted by atomic mass is 10.1. The van der Waals surface area contributed by atoms with E-state index in [9.17, 15) is 0 Å². The van der Waals surface area contributed by atoms with E-state index in [1.165, 1.54) is 36.1 Å². The van der Waals surface area contributed by atoms with Crippen molar-refractivity contribution in [3.63, 3.8) is 0 Å². The van der Waals surface area contributed by atoms with Gasteiger partial charge in [0.15, 0.2) is 0 Å². The molecule has 0 spiro atoms. The molecule has 1 N–H and O–H groups in total. The molecule has 2 rings (SSSR count). The lowest BCUT2D eigenvalue weighted by molar-refractivity contribution is 0.689. The number of allylic oxidation sites excluding steroid dienone is 1. The van der Waals surface area contributed by atoms with E-state index in [0.717, 1.165) is 13.0 Å². The SMILES string of the molecule is CCCCCNC1=CCc2ccccc21. The molecule has 1 aromatic rings. The Kier molecular flexibility index (Phi) is 3.44. The van der Waals surface area contributed by atoms with Gasteiger partial charge in [-0.2, -0.15) is 0 Å². The van der Waals surface area contributed by atoms with Gasteiger partial charge in [-0.25, -0.2) is 0 Å². The first-order valence-corrected chi connectivity index (χ1v) is 5.94. The maximum atomic E-state index is 3.53. The molecule has 1 aliphatic rings. The zero-order valence-electron chi connectivity index (χ0n) is 9.42. The standard InChI is InChI=1S/C14H19N/c1-2-3-6-11-15-14-10-9-12-7-4-5-8-13(12)14/h4-5,7-8,10,15H,2-3,6,9,11H2,1H3. The van der Waals surface area contributed by atoms with Gasteiger partial charge in [-0.15, -0.1) is 0 Å². The summed E-state index contributed by atoms with van der Waals surface area (Å²) in [5.74, 6) is 0. The predicted molar refractivity (Wildman–Crippen MR) is 65.7 cm³/mol. The summed E-state index contributed by atoms with van der Waals surface area (Å²) in [6, 6.07) is 8.66. The van der Waals surface area contributed by atoms with Crippen LogP contribution in [0.2, 0.25) is 0 Å². The van der Waals surface area contributed by atoms with Crippen molar-refractivity contribution in [1.29, 1.82) is 0 Å². The third-order valence-corrected chi connectivity index (χ3v) is 2.93. The number of fused-ring (bicyclic) bond motifs is 1. The minimum absolute atomic E-state index is 1.09. The van der Waals surface area contributed by atoms with Gasteiger partial charge >= 0.3 is 0 Å². The molecule has 1 heteroatoms. The number of unbranched alkanes of at least 4 members (excludes halogenated alkanes) is 2. The Hall–Kier alpha value is -1.24. The fraction of sp³-hybridized carbons (Fsp3) is 0.429. The number of rotatable bonds is 5. The summed E-state index contributed by atoms with van der Waals surface area (Å²) in [7, 11) is 0. The van der Waals surface area contributed by atoms with Crippen molar-refractivity contribution in [1.82, 2.24) is 5.32 Å². The highest BCUT2D eigenvalue weighted by Crippen LogP contribution is 2.24. The van der Waals surface area contributed by atoms with Gasteiger partial charge < -0.3 is 5.32 Å². The normalized spacial score (nSPS) is 13.5. The van der Waals surface area contributed by atoms with Crippen molar-refractivity contribution in [2.24, 2.45) is 0 Å². The van der Waals surface area contributed by atoms with Gasteiger partial charge in [0.25, 0.3) is 0 Å².